The van der Waals surface area contributed by atoms with E-state index in [4.69, 9.17) is 0 Å². The predicted molar refractivity (Wildman–Crippen MR) is 93.1 cm³/mol. The van der Waals surface area contributed by atoms with Crippen LogP contribution in [0.1, 0.15) is 18.7 Å². The van der Waals surface area contributed by atoms with Crippen LogP contribution in [-0.4, -0.2) is 77.6 Å². The maximum absolute atomic E-state index is 12.6. The summed E-state index contributed by atoms with van der Waals surface area (Å²) in [4.78, 5) is 10.2. The summed E-state index contributed by atoms with van der Waals surface area (Å²) in [6.45, 7) is 0.706. The van der Waals surface area contributed by atoms with Crippen molar-refractivity contribution in [2.24, 2.45) is 18.0 Å². The molecule has 0 radical (unpaired) electrons. The third-order valence-corrected chi connectivity index (χ3v) is 6.14. The molecule has 1 fully saturated rings. The van der Waals surface area contributed by atoms with Crippen LogP contribution in [-0.2, 0) is 23.6 Å². The number of halogens is 3. The van der Waals surface area contributed by atoms with Crippen LogP contribution < -0.4 is 5.32 Å². The van der Waals surface area contributed by atoms with Gasteiger partial charge in [0.15, 0.2) is 5.96 Å². The van der Waals surface area contributed by atoms with E-state index < -0.39 is 15.5 Å². The highest BCUT2D eigenvalue weighted by atomic mass is 32.2. The quantitative estimate of drug-likeness (QED) is 0.556. The Hall–Kier alpha value is -1.89. The van der Waals surface area contributed by atoms with Crippen molar-refractivity contribution >= 4 is 16.0 Å². The highest BCUT2D eigenvalue weighted by Crippen LogP contribution is 2.30. The second kappa shape index (κ2) is 8.42. The zero-order chi connectivity index (χ0) is 20.2. The molecule has 9 nitrogen and oxygen atoms in total. The summed E-state index contributed by atoms with van der Waals surface area (Å²) in [5.41, 5.74) is -5.25. The minimum atomic E-state index is -5.25. The molecular formula is C14H24F3N7O2S. The predicted octanol–water partition coefficient (Wildman–Crippen LogP) is 0.384. The molecule has 1 aromatic heterocycles. The molecule has 1 N–H and O–H groups in total. The Labute approximate surface area is 156 Å². The lowest BCUT2D eigenvalue weighted by atomic mass is 9.98. The highest BCUT2D eigenvalue weighted by Gasteiger charge is 2.50. The zero-order valence-corrected chi connectivity index (χ0v) is 16.3. The molecular weight excluding hydrogens is 387 g/mol. The number of aryl methyl sites for hydroxylation is 1. The van der Waals surface area contributed by atoms with Gasteiger partial charge in [-0.2, -0.15) is 22.6 Å². The third kappa shape index (κ3) is 5.09. The third-order valence-electron chi connectivity index (χ3n) is 4.51. The van der Waals surface area contributed by atoms with Crippen LogP contribution in [0.2, 0.25) is 0 Å². The lowest BCUT2D eigenvalue weighted by Gasteiger charge is -2.32. The molecule has 2 rings (SSSR count). The minimum absolute atomic E-state index is 0.0599. The summed E-state index contributed by atoms with van der Waals surface area (Å²) >= 11 is 0. The summed E-state index contributed by atoms with van der Waals surface area (Å²) in [5, 5.41) is 7.19. The van der Waals surface area contributed by atoms with Gasteiger partial charge >= 0.3 is 15.5 Å². The van der Waals surface area contributed by atoms with E-state index in [0.29, 0.717) is 36.2 Å². The lowest BCUT2D eigenvalue weighted by Crippen LogP contribution is -2.47. The molecule has 1 saturated heterocycles. The number of hydrogen-bond acceptors (Lipinski definition) is 5. The van der Waals surface area contributed by atoms with Crippen molar-refractivity contribution in [3.8, 4) is 0 Å². The highest BCUT2D eigenvalue weighted by molar-refractivity contribution is 7.90. The van der Waals surface area contributed by atoms with Crippen molar-refractivity contribution in [1.82, 2.24) is 29.3 Å². The van der Waals surface area contributed by atoms with Gasteiger partial charge in [0.1, 0.15) is 12.2 Å². The van der Waals surface area contributed by atoms with Gasteiger partial charge in [-0.15, -0.1) is 0 Å². The first-order valence-corrected chi connectivity index (χ1v) is 9.81. The number of alkyl halides is 3. The Kier molecular flexibility index (Phi) is 6.68. The van der Waals surface area contributed by atoms with Crippen molar-refractivity contribution in [3.63, 3.8) is 0 Å². The number of aliphatic imine (C=N–C) groups is 1. The minimum Gasteiger partial charge on any atom is -0.356 e. The lowest BCUT2D eigenvalue weighted by molar-refractivity contribution is -0.0496. The van der Waals surface area contributed by atoms with Crippen LogP contribution in [0.3, 0.4) is 0 Å². The normalized spacial score (nSPS) is 17.9. The fraction of sp³-hybridized carbons (Fsp3) is 0.786. The number of piperidine rings is 1. The molecule has 27 heavy (non-hydrogen) atoms. The SMILES string of the molecule is CN=C(NCC1CCN(S(=O)(=O)C(F)(F)F)CC1)N(C)Cc1ncnn1C. The molecule has 0 bridgehead atoms. The van der Waals surface area contributed by atoms with Crippen molar-refractivity contribution in [1.29, 1.82) is 0 Å². The smallest absolute Gasteiger partial charge is 0.356 e. The van der Waals surface area contributed by atoms with Gasteiger partial charge in [0.05, 0.1) is 6.54 Å². The van der Waals surface area contributed by atoms with Crippen molar-refractivity contribution < 1.29 is 21.6 Å². The summed E-state index contributed by atoms with van der Waals surface area (Å²) < 4.78 is 62.9. The van der Waals surface area contributed by atoms with E-state index in [9.17, 15) is 21.6 Å². The van der Waals surface area contributed by atoms with Crippen LogP contribution in [0.5, 0.6) is 0 Å². The van der Waals surface area contributed by atoms with Crippen LogP contribution in [0.4, 0.5) is 13.2 Å². The van der Waals surface area contributed by atoms with Crippen molar-refractivity contribution in [2.75, 3.05) is 33.7 Å². The summed E-state index contributed by atoms with van der Waals surface area (Å²) in [5.74, 6) is 1.43. The average Bonchev–Trinajstić information content (AvgIpc) is 2.99. The van der Waals surface area contributed by atoms with Crippen LogP contribution in [0.25, 0.3) is 0 Å². The van der Waals surface area contributed by atoms with Gasteiger partial charge in [0, 0.05) is 40.8 Å². The number of hydrogen-bond donors (Lipinski definition) is 1. The standard InChI is InChI=1S/C14H24F3N7O2S/c1-18-13(22(2)9-12-20-10-21-23(12)3)19-8-11-4-6-24(7-5-11)27(25,26)14(15,16)17/h10-11H,4-9H2,1-3H3,(H,18,19). The number of guanidine groups is 1. The van der Waals surface area contributed by atoms with Gasteiger partial charge < -0.3 is 10.2 Å². The first kappa shape index (κ1) is 21.4. The first-order chi connectivity index (χ1) is 12.6. The fourth-order valence-corrected chi connectivity index (χ4v) is 3.86. The van der Waals surface area contributed by atoms with E-state index in [0.717, 1.165) is 5.82 Å². The molecule has 0 saturated carbocycles. The van der Waals surface area contributed by atoms with Crippen molar-refractivity contribution in [2.45, 2.75) is 24.9 Å². The van der Waals surface area contributed by atoms with Gasteiger partial charge in [-0.25, -0.2) is 13.4 Å². The second-order valence-corrected chi connectivity index (χ2v) is 8.31. The summed E-state index contributed by atoms with van der Waals surface area (Å²) in [6, 6.07) is 0. The van der Waals surface area contributed by atoms with E-state index in [1.807, 2.05) is 11.9 Å². The Morgan fingerprint density at radius 1 is 1.41 bits per heavy atom. The van der Waals surface area contributed by atoms with E-state index in [1.165, 1.54) is 6.33 Å². The molecule has 0 spiro atoms. The summed E-state index contributed by atoms with van der Waals surface area (Å²) in [6.07, 6.45) is 2.17. The largest absolute Gasteiger partial charge is 0.511 e. The first-order valence-electron chi connectivity index (χ1n) is 8.37. The number of aromatic nitrogens is 3. The Morgan fingerprint density at radius 3 is 2.52 bits per heavy atom. The fourth-order valence-electron chi connectivity index (χ4n) is 2.87. The van der Waals surface area contributed by atoms with Gasteiger partial charge in [-0.1, -0.05) is 0 Å². The van der Waals surface area contributed by atoms with Crippen LogP contribution >= 0.6 is 0 Å². The Balaban J connectivity index is 1.84. The average molecular weight is 411 g/mol. The van der Waals surface area contributed by atoms with Crippen LogP contribution in [0, 0.1) is 5.92 Å². The molecule has 0 aliphatic carbocycles. The monoisotopic (exact) mass is 411 g/mol. The maximum Gasteiger partial charge on any atom is 0.511 e. The van der Waals surface area contributed by atoms with Crippen molar-refractivity contribution in [3.05, 3.63) is 12.2 Å². The zero-order valence-electron chi connectivity index (χ0n) is 15.4. The number of nitrogens with zero attached hydrogens (tertiary/aromatic N) is 6. The molecule has 0 unspecified atom stereocenters. The molecule has 2 heterocycles. The number of sulfonamides is 1. The van der Waals surface area contributed by atoms with Gasteiger partial charge in [0.25, 0.3) is 0 Å². The number of rotatable bonds is 5. The molecule has 1 aliphatic heterocycles. The molecule has 154 valence electrons. The molecule has 1 aliphatic rings. The molecule has 1 aromatic rings. The maximum atomic E-state index is 12.6. The van der Waals surface area contributed by atoms with Gasteiger partial charge in [-0.05, 0) is 18.8 Å². The number of nitrogens with one attached hydrogen (secondary N) is 1. The van der Waals surface area contributed by atoms with E-state index >= 15 is 0 Å². The van der Waals surface area contributed by atoms with Gasteiger partial charge in [0.2, 0.25) is 0 Å². The topological polar surface area (TPSA) is 95.7 Å². The molecule has 0 aromatic carbocycles. The Morgan fingerprint density at radius 2 is 2.04 bits per heavy atom. The summed E-state index contributed by atoms with van der Waals surface area (Å²) in [7, 11) is 0.0160. The van der Waals surface area contributed by atoms with Crippen LogP contribution in [0.15, 0.2) is 11.3 Å². The Bertz CT molecular complexity index is 755. The van der Waals surface area contributed by atoms with E-state index in [2.05, 4.69) is 20.4 Å². The van der Waals surface area contributed by atoms with E-state index in [-0.39, 0.29) is 19.0 Å². The van der Waals surface area contributed by atoms with E-state index in [1.54, 1.807) is 18.8 Å². The molecule has 0 atom stereocenters. The second-order valence-electron chi connectivity index (χ2n) is 6.38. The molecule has 13 heteroatoms. The molecule has 0 amide bonds. The van der Waals surface area contributed by atoms with Gasteiger partial charge in [-0.3, -0.25) is 9.67 Å².